The van der Waals surface area contributed by atoms with Crippen LogP contribution in [0.4, 0.5) is 5.69 Å². The van der Waals surface area contributed by atoms with Crippen molar-refractivity contribution in [1.29, 1.82) is 0 Å². The molecule has 0 saturated carbocycles. The number of nitrogens with zero attached hydrogens (tertiary/aromatic N) is 1. The van der Waals surface area contributed by atoms with Gasteiger partial charge in [0.1, 0.15) is 13.2 Å². The summed E-state index contributed by atoms with van der Waals surface area (Å²) in [5, 5.41) is 4.17. The first-order chi connectivity index (χ1) is 12.7. The molecule has 5 nitrogen and oxygen atoms in total. The number of hydrogen-bond acceptors (Lipinski definition) is 3. The van der Waals surface area contributed by atoms with E-state index >= 15 is 0 Å². The van der Waals surface area contributed by atoms with Gasteiger partial charge in [-0.15, -0.1) is 0 Å². The molecular weight excluding hydrogens is 328 g/mol. The Morgan fingerprint density at radius 3 is 2.81 bits per heavy atom. The molecule has 134 valence electrons. The Labute approximate surface area is 152 Å². The Bertz CT molecular complexity index is 946. The maximum Gasteiger partial charge on any atom is 0.224 e. The molecule has 1 aliphatic heterocycles. The highest BCUT2D eigenvalue weighted by atomic mass is 16.6. The lowest BCUT2D eigenvalue weighted by Crippen LogP contribution is -2.16. The number of aryl methyl sites for hydroxylation is 2. The monoisotopic (exact) mass is 350 g/mol. The van der Waals surface area contributed by atoms with Crippen LogP contribution in [0.3, 0.4) is 0 Å². The normalized spacial score (nSPS) is 13.0. The van der Waals surface area contributed by atoms with Gasteiger partial charge in [-0.05, 0) is 43.2 Å². The van der Waals surface area contributed by atoms with Crippen molar-refractivity contribution >= 4 is 22.5 Å². The van der Waals surface area contributed by atoms with Crippen LogP contribution in [0.5, 0.6) is 11.5 Å². The molecule has 3 aromatic rings. The molecule has 0 unspecified atom stereocenters. The van der Waals surface area contributed by atoms with Gasteiger partial charge in [-0.1, -0.05) is 12.1 Å². The van der Waals surface area contributed by atoms with Crippen molar-refractivity contribution in [3.8, 4) is 11.5 Å². The van der Waals surface area contributed by atoms with Crippen LogP contribution in [0.15, 0.2) is 48.7 Å². The van der Waals surface area contributed by atoms with Crippen LogP contribution >= 0.6 is 0 Å². The fraction of sp³-hybridized carbons (Fsp3) is 0.286. The van der Waals surface area contributed by atoms with Gasteiger partial charge in [0.2, 0.25) is 5.91 Å². The number of nitrogens with one attached hydrogen (secondary N) is 1. The molecule has 1 amide bonds. The van der Waals surface area contributed by atoms with Crippen LogP contribution in [0.2, 0.25) is 0 Å². The second-order valence-corrected chi connectivity index (χ2v) is 6.36. The van der Waals surface area contributed by atoms with E-state index in [9.17, 15) is 4.79 Å². The second-order valence-electron chi connectivity index (χ2n) is 6.36. The number of aromatic nitrogens is 1. The third-order valence-corrected chi connectivity index (χ3v) is 4.69. The van der Waals surface area contributed by atoms with Gasteiger partial charge < -0.3 is 19.4 Å². The maximum atomic E-state index is 12.4. The maximum absolute atomic E-state index is 12.4. The summed E-state index contributed by atoms with van der Waals surface area (Å²) in [5.74, 6) is 1.40. The number of amides is 1. The SMILES string of the molecule is CCn1ccc2c(CCC(=O)Nc3ccc4c(c3)OCCO4)cccc21. The fourth-order valence-electron chi connectivity index (χ4n) is 3.37. The molecule has 0 bridgehead atoms. The number of ether oxygens (including phenoxy) is 2. The van der Waals surface area contributed by atoms with Gasteiger partial charge >= 0.3 is 0 Å². The molecule has 0 saturated heterocycles. The lowest BCUT2D eigenvalue weighted by Gasteiger charge is -2.19. The minimum absolute atomic E-state index is 0.00592. The van der Waals surface area contributed by atoms with E-state index in [0.717, 1.165) is 18.0 Å². The van der Waals surface area contributed by atoms with Gasteiger partial charge in [-0.3, -0.25) is 4.79 Å². The third-order valence-electron chi connectivity index (χ3n) is 4.69. The average Bonchev–Trinajstić information content (AvgIpc) is 3.10. The van der Waals surface area contributed by atoms with E-state index in [4.69, 9.17) is 9.47 Å². The molecule has 2 heterocycles. The minimum atomic E-state index is -0.00592. The first-order valence-corrected chi connectivity index (χ1v) is 9.01. The molecule has 2 aromatic carbocycles. The number of anilines is 1. The molecule has 5 heteroatoms. The number of fused-ring (bicyclic) bond motifs is 2. The van der Waals surface area contributed by atoms with E-state index in [-0.39, 0.29) is 5.91 Å². The topological polar surface area (TPSA) is 52.5 Å². The Kier molecular flexibility index (Phi) is 4.52. The molecule has 26 heavy (non-hydrogen) atoms. The predicted octanol–water partition coefficient (Wildman–Crippen LogP) is 4.00. The number of hydrogen-bond donors (Lipinski definition) is 1. The van der Waals surface area contributed by atoms with E-state index in [1.165, 1.54) is 16.5 Å². The highest BCUT2D eigenvalue weighted by molar-refractivity contribution is 5.92. The number of rotatable bonds is 5. The Hall–Kier alpha value is -2.95. The number of benzene rings is 2. The highest BCUT2D eigenvalue weighted by Gasteiger charge is 2.13. The fourth-order valence-corrected chi connectivity index (χ4v) is 3.37. The van der Waals surface area contributed by atoms with E-state index < -0.39 is 0 Å². The van der Waals surface area contributed by atoms with Crippen LogP contribution in [-0.2, 0) is 17.8 Å². The van der Waals surface area contributed by atoms with E-state index in [1.54, 1.807) is 0 Å². The summed E-state index contributed by atoms with van der Waals surface area (Å²) < 4.78 is 13.3. The first-order valence-electron chi connectivity index (χ1n) is 9.01. The summed E-state index contributed by atoms with van der Waals surface area (Å²) in [7, 11) is 0. The molecule has 0 spiro atoms. The molecule has 4 rings (SSSR count). The van der Waals surface area contributed by atoms with Gasteiger partial charge in [-0.2, -0.15) is 0 Å². The van der Waals surface area contributed by atoms with Crippen molar-refractivity contribution in [3.05, 3.63) is 54.2 Å². The molecule has 1 aliphatic rings. The second kappa shape index (κ2) is 7.12. The van der Waals surface area contributed by atoms with Crippen molar-refractivity contribution in [1.82, 2.24) is 4.57 Å². The summed E-state index contributed by atoms with van der Waals surface area (Å²) >= 11 is 0. The Morgan fingerprint density at radius 1 is 1.12 bits per heavy atom. The van der Waals surface area contributed by atoms with Gasteiger partial charge in [0.15, 0.2) is 11.5 Å². The van der Waals surface area contributed by atoms with Crippen molar-refractivity contribution in [3.63, 3.8) is 0 Å². The minimum Gasteiger partial charge on any atom is -0.486 e. The quantitative estimate of drug-likeness (QED) is 0.757. The van der Waals surface area contributed by atoms with E-state index in [1.807, 2.05) is 18.2 Å². The molecule has 1 N–H and O–H groups in total. The zero-order valence-electron chi connectivity index (χ0n) is 14.8. The van der Waals surface area contributed by atoms with Gasteiger partial charge in [0.25, 0.3) is 0 Å². The molecule has 1 aromatic heterocycles. The summed E-state index contributed by atoms with van der Waals surface area (Å²) in [4.78, 5) is 12.4. The number of carbonyl (C=O) groups is 1. The Balaban J connectivity index is 1.42. The van der Waals surface area contributed by atoms with Crippen LogP contribution in [0, 0.1) is 0 Å². The Morgan fingerprint density at radius 2 is 1.96 bits per heavy atom. The van der Waals surface area contributed by atoms with Crippen LogP contribution in [0.25, 0.3) is 10.9 Å². The molecule has 0 atom stereocenters. The largest absolute Gasteiger partial charge is 0.486 e. The standard InChI is InChI=1S/C21H22N2O3/c1-2-23-11-10-17-15(4-3-5-18(17)23)6-9-21(24)22-16-7-8-19-20(14-16)26-13-12-25-19/h3-5,7-8,10-11,14H,2,6,9,12-13H2,1H3,(H,22,24). The number of carbonyl (C=O) groups excluding carboxylic acids is 1. The van der Waals surface area contributed by atoms with Crippen molar-refractivity contribution in [2.75, 3.05) is 18.5 Å². The predicted molar refractivity (Wildman–Crippen MR) is 102 cm³/mol. The van der Waals surface area contributed by atoms with Crippen molar-refractivity contribution < 1.29 is 14.3 Å². The summed E-state index contributed by atoms with van der Waals surface area (Å²) in [6.45, 7) is 4.17. The van der Waals surface area contributed by atoms with Gasteiger partial charge in [0, 0.05) is 41.8 Å². The molecule has 0 aliphatic carbocycles. The average molecular weight is 350 g/mol. The first kappa shape index (κ1) is 16.5. The highest BCUT2D eigenvalue weighted by Crippen LogP contribution is 2.32. The summed E-state index contributed by atoms with van der Waals surface area (Å²) in [5.41, 5.74) is 3.15. The van der Waals surface area contributed by atoms with E-state index in [0.29, 0.717) is 31.8 Å². The molecular formula is C21H22N2O3. The lowest BCUT2D eigenvalue weighted by atomic mass is 10.0. The van der Waals surface area contributed by atoms with Crippen molar-refractivity contribution in [2.24, 2.45) is 0 Å². The molecule has 0 fully saturated rings. The van der Waals surface area contributed by atoms with Gasteiger partial charge in [0.05, 0.1) is 0 Å². The zero-order chi connectivity index (χ0) is 17.9. The summed E-state index contributed by atoms with van der Waals surface area (Å²) in [6, 6.07) is 13.9. The lowest BCUT2D eigenvalue weighted by molar-refractivity contribution is -0.116. The van der Waals surface area contributed by atoms with Gasteiger partial charge in [-0.25, -0.2) is 0 Å². The zero-order valence-corrected chi connectivity index (χ0v) is 14.8. The smallest absolute Gasteiger partial charge is 0.224 e. The van der Waals surface area contributed by atoms with Crippen LogP contribution < -0.4 is 14.8 Å². The van der Waals surface area contributed by atoms with Crippen LogP contribution in [-0.4, -0.2) is 23.7 Å². The van der Waals surface area contributed by atoms with E-state index in [2.05, 4.69) is 47.3 Å². The van der Waals surface area contributed by atoms with Crippen molar-refractivity contribution in [2.45, 2.75) is 26.3 Å². The van der Waals surface area contributed by atoms with Crippen LogP contribution in [0.1, 0.15) is 18.9 Å². The third kappa shape index (κ3) is 3.25. The molecule has 0 radical (unpaired) electrons. The summed E-state index contributed by atoms with van der Waals surface area (Å²) in [6.07, 6.45) is 3.25.